The zero-order valence-electron chi connectivity index (χ0n) is 32.0. The van der Waals surface area contributed by atoms with Crippen molar-refractivity contribution in [2.45, 2.75) is 84.8 Å². The Hall–Kier alpha value is -5.52. The molecule has 9 nitrogen and oxygen atoms in total. The molecule has 4 rings (SSSR count). The van der Waals surface area contributed by atoms with Gasteiger partial charge in [-0.05, 0) is 99.0 Å². The van der Waals surface area contributed by atoms with E-state index in [1.807, 2.05) is 18.2 Å². The summed E-state index contributed by atoms with van der Waals surface area (Å²) >= 11 is 0. The van der Waals surface area contributed by atoms with Crippen LogP contribution in [0.1, 0.15) is 85.8 Å². The Morgan fingerprint density at radius 2 is 1.36 bits per heavy atom. The van der Waals surface area contributed by atoms with Crippen molar-refractivity contribution in [3.63, 3.8) is 0 Å². The summed E-state index contributed by atoms with van der Waals surface area (Å²) < 4.78 is 67.5. The lowest BCUT2D eigenvalue weighted by atomic mass is 9.96. The van der Waals surface area contributed by atoms with Crippen LogP contribution in [0.4, 0.5) is 13.2 Å². The highest BCUT2D eigenvalue weighted by atomic mass is 19.3. The molecule has 4 aromatic rings. The second kappa shape index (κ2) is 23.4. The number of alkyl halides is 2. The van der Waals surface area contributed by atoms with Crippen LogP contribution in [0.25, 0.3) is 11.1 Å². The Balaban J connectivity index is 1.34. The van der Waals surface area contributed by atoms with E-state index >= 15 is 0 Å². The summed E-state index contributed by atoms with van der Waals surface area (Å²) in [5.41, 5.74) is 3.40. The number of benzene rings is 4. The van der Waals surface area contributed by atoms with Crippen LogP contribution in [0.5, 0.6) is 17.2 Å². The average molecular weight is 778 g/mol. The maximum atomic E-state index is 14.8. The Morgan fingerprint density at radius 1 is 0.679 bits per heavy atom. The third-order valence-electron chi connectivity index (χ3n) is 8.79. The van der Waals surface area contributed by atoms with Crippen molar-refractivity contribution < 1.29 is 51.2 Å². The van der Waals surface area contributed by atoms with Gasteiger partial charge in [-0.1, -0.05) is 61.4 Å². The number of hydrogen-bond donors (Lipinski definition) is 1. The molecule has 0 unspecified atom stereocenters. The van der Waals surface area contributed by atoms with Crippen LogP contribution in [0.2, 0.25) is 0 Å². The standard InChI is InChI=1S/C44H50F3NO8/c1-3-52-41(49)22-14-26-55-40-21-13-17-31(37(40)23-24-42(50)53-4-2)15-7-5-6-12-25-54-35-28-33(36-18-9-10-19-38(36)45)27-34(29-35)43(51)48-30-32-16-8-11-20-39(32)56-44(46)47/h8-11,13,16-21,27-29,44H,3-7,12,14-15,22-26,30H2,1-2H3,(H,48,51). The predicted molar refractivity (Wildman–Crippen MR) is 207 cm³/mol. The number of unbranched alkanes of at least 4 members (excludes halogenated alkanes) is 3. The molecule has 0 radical (unpaired) electrons. The minimum atomic E-state index is -3.01. The zero-order chi connectivity index (χ0) is 40.1. The number of carbonyl (C=O) groups is 3. The van der Waals surface area contributed by atoms with Crippen molar-refractivity contribution >= 4 is 17.8 Å². The first-order chi connectivity index (χ1) is 27.2. The molecule has 56 heavy (non-hydrogen) atoms. The lowest BCUT2D eigenvalue weighted by molar-refractivity contribution is -0.144. The molecule has 0 spiro atoms. The van der Waals surface area contributed by atoms with Crippen molar-refractivity contribution in [1.29, 1.82) is 0 Å². The number of rotatable bonds is 24. The normalized spacial score (nSPS) is 10.9. The summed E-state index contributed by atoms with van der Waals surface area (Å²) in [5.74, 6) is -0.433. The van der Waals surface area contributed by atoms with Crippen LogP contribution in [0.3, 0.4) is 0 Å². The third kappa shape index (κ3) is 14.3. The van der Waals surface area contributed by atoms with Crippen LogP contribution >= 0.6 is 0 Å². The molecule has 0 saturated carbocycles. The van der Waals surface area contributed by atoms with Gasteiger partial charge in [0.2, 0.25) is 0 Å². The van der Waals surface area contributed by atoms with Crippen molar-refractivity contribution in [2.24, 2.45) is 0 Å². The van der Waals surface area contributed by atoms with Crippen molar-refractivity contribution in [2.75, 3.05) is 26.4 Å². The lowest BCUT2D eigenvalue weighted by Gasteiger charge is -2.16. The summed E-state index contributed by atoms with van der Waals surface area (Å²) in [6.45, 7) is 1.82. The molecule has 0 aliphatic rings. The first-order valence-corrected chi connectivity index (χ1v) is 19.1. The molecule has 0 aliphatic heterocycles. The molecule has 0 heterocycles. The van der Waals surface area contributed by atoms with Gasteiger partial charge in [-0.15, -0.1) is 0 Å². The van der Waals surface area contributed by atoms with Crippen LogP contribution < -0.4 is 19.5 Å². The maximum absolute atomic E-state index is 14.8. The number of halogens is 3. The molecular weight excluding hydrogens is 727 g/mol. The summed E-state index contributed by atoms with van der Waals surface area (Å²) in [5, 5.41) is 2.74. The van der Waals surface area contributed by atoms with Gasteiger partial charge in [0.15, 0.2) is 0 Å². The fraction of sp³-hybridized carbons (Fsp3) is 0.386. The van der Waals surface area contributed by atoms with Crippen LogP contribution in [0.15, 0.2) is 84.9 Å². The average Bonchev–Trinajstić information content (AvgIpc) is 3.18. The van der Waals surface area contributed by atoms with E-state index in [0.29, 0.717) is 67.5 Å². The number of aryl methyl sites for hydroxylation is 1. The fourth-order valence-corrected chi connectivity index (χ4v) is 6.12. The van der Waals surface area contributed by atoms with Crippen molar-refractivity contribution in [3.8, 4) is 28.4 Å². The highest BCUT2D eigenvalue weighted by Gasteiger charge is 2.16. The Labute approximate surface area is 326 Å². The van der Waals surface area contributed by atoms with Gasteiger partial charge in [-0.2, -0.15) is 8.78 Å². The molecule has 4 aromatic carbocycles. The first kappa shape index (κ1) is 43.2. The smallest absolute Gasteiger partial charge is 0.387 e. The lowest BCUT2D eigenvalue weighted by Crippen LogP contribution is -2.23. The second-order valence-electron chi connectivity index (χ2n) is 12.9. The minimum Gasteiger partial charge on any atom is -0.494 e. The molecule has 0 saturated heterocycles. The van der Waals surface area contributed by atoms with E-state index in [9.17, 15) is 27.6 Å². The number of hydrogen-bond acceptors (Lipinski definition) is 8. The number of amides is 1. The van der Waals surface area contributed by atoms with E-state index in [-0.39, 0.29) is 42.6 Å². The fourth-order valence-electron chi connectivity index (χ4n) is 6.12. The van der Waals surface area contributed by atoms with E-state index < -0.39 is 18.3 Å². The monoisotopic (exact) mass is 777 g/mol. The van der Waals surface area contributed by atoms with Crippen LogP contribution in [-0.2, 0) is 38.4 Å². The summed E-state index contributed by atoms with van der Waals surface area (Å²) in [7, 11) is 0. The van der Waals surface area contributed by atoms with Gasteiger partial charge in [0, 0.05) is 36.1 Å². The maximum Gasteiger partial charge on any atom is 0.387 e. The Bertz CT molecular complexity index is 1870. The van der Waals surface area contributed by atoms with E-state index in [4.69, 9.17) is 18.9 Å². The quantitative estimate of drug-likeness (QED) is 0.0554. The highest BCUT2D eigenvalue weighted by molar-refractivity contribution is 5.96. The van der Waals surface area contributed by atoms with E-state index in [2.05, 4.69) is 10.1 Å². The number of carbonyl (C=O) groups excluding carboxylic acids is 3. The number of ether oxygens (including phenoxy) is 5. The minimum absolute atomic E-state index is 0.0386. The highest BCUT2D eigenvalue weighted by Crippen LogP contribution is 2.30. The van der Waals surface area contributed by atoms with E-state index in [0.717, 1.165) is 43.2 Å². The molecule has 0 atom stereocenters. The summed E-state index contributed by atoms with van der Waals surface area (Å²) in [6.07, 6.45) is 5.65. The first-order valence-electron chi connectivity index (χ1n) is 19.1. The SMILES string of the molecule is CCOC(=O)CCCOc1cccc(CCCCCCOc2cc(C(=O)NCc3ccccc3OC(F)F)cc(-c3ccccc3F)c2)c1CCC(=O)OCC. The molecule has 0 aliphatic carbocycles. The second-order valence-corrected chi connectivity index (χ2v) is 12.9. The molecule has 1 amide bonds. The van der Waals surface area contributed by atoms with Gasteiger partial charge in [0.25, 0.3) is 5.91 Å². The number of nitrogens with one attached hydrogen (secondary N) is 1. The summed E-state index contributed by atoms with van der Waals surface area (Å²) in [4.78, 5) is 37.2. The number of esters is 2. The van der Waals surface area contributed by atoms with Gasteiger partial charge < -0.3 is 29.0 Å². The molecule has 0 bridgehead atoms. The van der Waals surface area contributed by atoms with E-state index in [1.165, 1.54) is 12.1 Å². The van der Waals surface area contributed by atoms with Gasteiger partial charge in [-0.3, -0.25) is 14.4 Å². The zero-order valence-corrected chi connectivity index (χ0v) is 32.0. The third-order valence-corrected chi connectivity index (χ3v) is 8.79. The van der Waals surface area contributed by atoms with Crippen LogP contribution in [0, 0.1) is 5.82 Å². The molecule has 300 valence electrons. The molecule has 0 fully saturated rings. The topological polar surface area (TPSA) is 109 Å². The summed E-state index contributed by atoms with van der Waals surface area (Å²) in [6, 6.07) is 23.1. The largest absolute Gasteiger partial charge is 0.494 e. The Kier molecular flexibility index (Phi) is 18.1. The predicted octanol–water partition coefficient (Wildman–Crippen LogP) is 9.42. The number of para-hydroxylation sites is 1. The molecule has 1 N–H and O–H groups in total. The molecule has 0 aromatic heterocycles. The molecular formula is C44H50F3NO8. The van der Waals surface area contributed by atoms with Gasteiger partial charge in [0.1, 0.15) is 23.1 Å². The van der Waals surface area contributed by atoms with Crippen molar-refractivity contribution in [1.82, 2.24) is 5.32 Å². The van der Waals surface area contributed by atoms with E-state index in [1.54, 1.807) is 68.4 Å². The van der Waals surface area contributed by atoms with Crippen molar-refractivity contribution in [3.05, 3.63) is 113 Å². The van der Waals surface area contributed by atoms with Crippen LogP contribution in [-0.4, -0.2) is 50.9 Å². The van der Waals surface area contributed by atoms with Gasteiger partial charge in [0.05, 0.1) is 26.4 Å². The van der Waals surface area contributed by atoms with Gasteiger partial charge >= 0.3 is 18.6 Å². The Morgan fingerprint density at radius 3 is 2.12 bits per heavy atom. The molecule has 12 heteroatoms. The van der Waals surface area contributed by atoms with Gasteiger partial charge in [-0.25, -0.2) is 4.39 Å².